The van der Waals surface area contributed by atoms with E-state index < -0.39 is 0 Å². The second kappa shape index (κ2) is 7.59. The zero-order chi connectivity index (χ0) is 20.8. The first-order valence-electron chi connectivity index (χ1n) is 9.97. The quantitative estimate of drug-likeness (QED) is 0.451. The van der Waals surface area contributed by atoms with E-state index in [2.05, 4.69) is 35.8 Å². The molecule has 0 spiro atoms. The molecular formula is C22H24N4O2S2. The van der Waals surface area contributed by atoms with Crippen molar-refractivity contribution in [3.05, 3.63) is 35.4 Å². The number of hydrogen-bond donors (Lipinski definition) is 0. The lowest BCUT2D eigenvalue weighted by molar-refractivity contribution is 0.410. The summed E-state index contributed by atoms with van der Waals surface area (Å²) in [6.45, 7) is 8.00. The first-order chi connectivity index (χ1) is 14.6. The third-order valence-corrected chi connectivity index (χ3v) is 8.01. The van der Waals surface area contributed by atoms with Gasteiger partial charge in [-0.2, -0.15) is 0 Å². The first-order valence-corrected chi connectivity index (χ1v) is 11.6. The molecule has 0 saturated carbocycles. The molecule has 3 heterocycles. The van der Waals surface area contributed by atoms with Crippen LogP contribution in [0.4, 0.5) is 10.3 Å². The molecular weight excluding hydrogens is 416 g/mol. The van der Waals surface area contributed by atoms with Crippen molar-refractivity contribution in [2.75, 3.05) is 50.2 Å². The molecule has 0 bridgehead atoms. The Balaban J connectivity index is 1.38. The minimum Gasteiger partial charge on any atom is -0.495 e. The zero-order valence-electron chi connectivity index (χ0n) is 17.6. The van der Waals surface area contributed by atoms with Crippen LogP contribution in [0.2, 0.25) is 0 Å². The van der Waals surface area contributed by atoms with Gasteiger partial charge in [-0.05, 0) is 43.2 Å². The second-order valence-corrected chi connectivity index (χ2v) is 9.46. The molecule has 0 radical (unpaired) electrons. The van der Waals surface area contributed by atoms with Gasteiger partial charge < -0.3 is 19.3 Å². The van der Waals surface area contributed by atoms with Crippen molar-refractivity contribution in [3.63, 3.8) is 0 Å². The Bertz CT molecular complexity index is 1180. The number of ether oxygens (including phenoxy) is 2. The summed E-state index contributed by atoms with van der Waals surface area (Å²) in [6, 6.07) is 8.24. The minimum atomic E-state index is 0.784. The summed E-state index contributed by atoms with van der Waals surface area (Å²) >= 11 is 3.45. The Morgan fingerprint density at radius 1 is 0.767 bits per heavy atom. The Labute approximate surface area is 183 Å². The van der Waals surface area contributed by atoms with Gasteiger partial charge in [0.15, 0.2) is 10.3 Å². The van der Waals surface area contributed by atoms with Gasteiger partial charge in [-0.25, -0.2) is 9.97 Å². The molecule has 1 aliphatic heterocycles. The van der Waals surface area contributed by atoms with Crippen LogP contribution in [-0.4, -0.2) is 50.4 Å². The number of anilines is 2. The SMILES string of the molecule is COc1ccc(OC)c2sc(N3CCN(c4nc5c(C)c(C)ccc5s4)CC3)nc12. The topological polar surface area (TPSA) is 50.7 Å². The number of piperazine rings is 1. The summed E-state index contributed by atoms with van der Waals surface area (Å²) in [6.07, 6.45) is 0. The fourth-order valence-electron chi connectivity index (χ4n) is 3.85. The second-order valence-electron chi connectivity index (χ2n) is 7.47. The monoisotopic (exact) mass is 440 g/mol. The fourth-order valence-corrected chi connectivity index (χ4v) is 6.05. The van der Waals surface area contributed by atoms with Gasteiger partial charge in [0.2, 0.25) is 0 Å². The molecule has 30 heavy (non-hydrogen) atoms. The predicted octanol–water partition coefficient (Wildman–Crippen LogP) is 4.87. The Hall–Kier alpha value is -2.58. The van der Waals surface area contributed by atoms with Crippen LogP contribution in [-0.2, 0) is 0 Å². The van der Waals surface area contributed by atoms with Crippen LogP contribution >= 0.6 is 22.7 Å². The highest BCUT2D eigenvalue weighted by atomic mass is 32.1. The minimum absolute atomic E-state index is 0.784. The highest BCUT2D eigenvalue weighted by Crippen LogP contribution is 2.40. The van der Waals surface area contributed by atoms with Crippen LogP contribution in [0.1, 0.15) is 11.1 Å². The molecule has 8 heteroatoms. The number of nitrogens with zero attached hydrogens (tertiary/aromatic N) is 4. The number of hydrogen-bond acceptors (Lipinski definition) is 8. The molecule has 156 valence electrons. The van der Waals surface area contributed by atoms with E-state index in [9.17, 15) is 0 Å². The fraction of sp³-hybridized carbons (Fsp3) is 0.364. The molecule has 2 aromatic carbocycles. The standard InChI is InChI=1S/C22H24N4O2S2/c1-13-5-8-17-18(14(13)2)23-21(29-17)25-9-11-26(12-10-25)22-24-19-15(27-3)6-7-16(28-4)20(19)30-22/h5-8H,9-12H2,1-4H3. The van der Waals surface area contributed by atoms with E-state index in [1.54, 1.807) is 36.9 Å². The average Bonchev–Trinajstić information content (AvgIpc) is 3.41. The van der Waals surface area contributed by atoms with Crippen LogP contribution in [0.5, 0.6) is 11.5 Å². The highest BCUT2D eigenvalue weighted by molar-refractivity contribution is 7.22. The Kier molecular flexibility index (Phi) is 4.91. The Morgan fingerprint density at radius 3 is 2.03 bits per heavy atom. The smallest absolute Gasteiger partial charge is 0.186 e. The lowest BCUT2D eigenvalue weighted by Crippen LogP contribution is -2.46. The highest BCUT2D eigenvalue weighted by Gasteiger charge is 2.24. The van der Waals surface area contributed by atoms with E-state index >= 15 is 0 Å². The number of aryl methyl sites for hydroxylation is 2. The summed E-state index contributed by atoms with van der Waals surface area (Å²) in [5.74, 6) is 1.63. The predicted molar refractivity (Wildman–Crippen MR) is 126 cm³/mol. The molecule has 6 nitrogen and oxygen atoms in total. The van der Waals surface area contributed by atoms with Crippen LogP contribution in [0.3, 0.4) is 0 Å². The molecule has 0 aliphatic carbocycles. The van der Waals surface area contributed by atoms with Gasteiger partial charge in [0, 0.05) is 26.2 Å². The van der Waals surface area contributed by atoms with Gasteiger partial charge in [0.05, 0.1) is 24.4 Å². The summed E-state index contributed by atoms with van der Waals surface area (Å²) in [4.78, 5) is 14.6. The average molecular weight is 441 g/mol. The van der Waals surface area contributed by atoms with E-state index in [0.29, 0.717) is 0 Å². The number of benzene rings is 2. The van der Waals surface area contributed by atoms with Crippen LogP contribution < -0.4 is 19.3 Å². The molecule has 1 saturated heterocycles. The van der Waals surface area contributed by atoms with Crippen LogP contribution in [0.15, 0.2) is 24.3 Å². The maximum atomic E-state index is 5.53. The number of aromatic nitrogens is 2. The summed E-state index contributed by atoms with van der Waals surface area (Å²) in [7, 11) is 3.38. The molecule has 4 aromatic rings. The van der Waals surface area contributed by atoms with Gasteiger partial charge in [0.1, 0.15) is 21.7 Å². The normalized spacial score (nSPS) is 14.7. The molecule has 0 N–H and O–H groups in total. The van der Waals surface area contributed by atoms with Crippen molar-refractivity contribution in [2.24, 2.45) is 0 Å². The Morgan fingerprint density at radius 2 is 1.37 bits per heavy atom. The van der Waals surface area contributed by atoms with Crippen molar-refractivity contribution >= 4 is 53.4 Å². The summed E-state index contributed by atoms with van der Waals surface area (Å²) in [5.41, 5.74) is 4.59. The number of rotatable bonds is 4. The van der Waals surface area contributed by atoms with Crippen molar-refractivity contribution in [3.8, 4) is 11.5 Å². The van der Waals surface area contributed by atoms with Gasteiger partial charge >= 0.3 is 0 Å². The van der Waals surface area contributed by atoms with E-state index in [-0.39, 0.29) is 0 Å². The lowest BCUT2D eigenvalue weighted by atomic mass is 10.1. The molecule has 0 atom stereocenters. The number of methoxy groups -OCH3 is 2. The van der Waals surface area contributed by atoms with Gasteiger partial charge in [-0.3, -0.25) is 0 Å². The number of thiazole rings is 2. The van der Waals surface area contributed by atoms with Crippen LogP contribution in [0.25, 0.3) is 20.4 Å². The van der Waals surface area contributed by atoms with Crippen molar-refractivity contribution in [1.82, 2.24) is 9.97 Å². The van der Waals surface area contributed by atoms with E-state index in [4.69, 9.17) is 19.4 Å². The van der Waals surface area contributed by atoms with Crippen molar-refractivity contribution in [1.29, 1.82) is 0 Å². The maximum Gasteiger partial charge on any atom is 0.186 e. The molecule has 0 unspecified atom stereocenters. The van der Waals surface area contributed by atoms with Crippen molar-refractivity contribution < 1.29 is 9.47 Å². The first kappa shape index (κ1) is 19.4. The summed E-state index contributed by atoms with van der Waals surface area (Å²) < 4.78 is 13.3. The molecule has 2 aromatic heterocycles. The van der Waals surface area contributed by atoms with Gasteiger partial charge in [-0.15, -0.1) is 0 Å². The van der Waals surface area contributed by atoms with E-state index in [1.165, 1.54) is 15.8 Å². The number of fused-ring (bicyclic) bond motifs is 2. The van der Waals surface area contributed by atoms with Crippen LogP contribution in [0, 0.1) is 13.8 Å². The molecule has 5 rings (SSSR count). The zero-order valence-corrected chi connectivity index (χ0v) is 19.2. The maximum absolute atomic E-state index is 5.53. The summed E-state index contributed by atoms with van der Waals surface area (Å²) in [5, 5.41) is 2.13. The van der Waals surface area contributed by atoms with E-state index in [1.807, 2.05) is 12.1 Å². The van der Waals surface area contributed by atoms with Gasteiger partial charge in [-0.1, -0.05) is 28.7 Å². The third kappa shape index (κ3) is 3.15. The largest absolute Gasteiger partial charge is 0.495 e. The van der Waals surface area contributed by atoms with Gasteiger partial charge in [0.25, 0.3) is 0 Å². The molecule has 1 fully saturated rings. The third-order valence-electron chi connectivity index (χ3n) is 5.79. The van der Waals surface area contributed by atoms with Crippen molar-refractivity contribution in [2.45, 2.75) is 13.8 Å². The molecule has 1 aliphatic rings. The van der Waals surface area contributed by atoms with E-state index in [0.717, 1.165) is 63.7 Å². The molecule has 0 amide bonds. The lowest BCUT2D eigenvalue weighted by Gasteiger charge is -2.34.